The number of carbonyl (C=O) groups is 3. The number of nitrogens with zero attached hydrogens (tertiary/aromatic N) is 1. The smallest absolute Gasteiger partial charge is 0.246 e. The average molecular weight is 530 g/mol. The molecule has 0 aromatic heterocycles. The highest BCUT2D eigenvalue weighted by Crippen LogP contribution is 2.65. The summed E-state index contributed by atoms with van der Waals surface area (Å²) in [4.78, 5) is 43.1. The third-order valence-corrected chi connectivity index (χ3v) is 8.52. The van der Waals surface area contributed by atoms with E-state index in [2.05, 4.69) is 10.6 Å². The van der Waals surface area contributed by atoms with E-state index in [1.807, 2.05) is 34.6 Å². The molecule has 1 aromatic rings. The lowest BCUT2D eigenvalue weighted by Crippen LogP contribution is -2.56. The first-order valence-corrected chi connectivity index (χ1v) is 14.0. The fraction of sp³-hybridized carbons (Fsp3) is 0.690. The summed E-state index contributed by atoms with van der Waals surface area (Å²) in [6.45, 7) is 10.8. The fourth-order valence-corrected chi connectivity index (χ4v) is 6.81. The molecule has 210 valence electrons. The summed E-state index contributed by atoms with van der Waals surface area (Å²) in [7, 11) is 0. The van der Waals surface area contributed by atoms with E-state index in [4.69, 9.17) is 14.6 Å². The minimum atomic E-state index is -1.05. The Kier molecular flexibility index (Phi) is 8.37. The van der Waals surface area contributed by atoms with Crippen LogP contribution in [0.1, 0.15) is 66.7 Å². The van der Waals surface area contributed by atoms with Gasteiger partial charge in [-0.05, 0) is 77.1 Å². The van der Waals surface area contributed by atoms with Gasteiger partial charge in [0, 0.05) is 24.9 Å². The quantitative estimate of drug-likeness (QED) is 0.358. The Balaban J connectivity index is 1.63. The Morgan fingerprint density at radius 1 is 1.16 bits per heavy atom. The highest BCUT2D eigenvalue weighted by molar-refractivity contribution is 6.02. The molecule has 3 saturated heterocycles. The van der Waals surface area contributed by atoms with Gasteiger partial charge in [0.1, 0.15) is 17.4 Å². The molecule has 6 atom stereocenters. The zero-order valence-corrected chi connectivity index (χ0v) is 23.3. The lowest BCUT2D eigenvalue weighted by atomic mass is 9.62. The van der Waals surface area contributed by atoms with Crippen LogP contribution in [0.2, 0.25) is 0 Å². The molecular weight excluding hydrogens is 486 g/mol. The summed E-state index contributed by atoms with van der Waals surface area (Å²) in [5.74, 6) is -1.43. The Bertz CT molecular complexity index is 1030. The van der Waals surface area contributed by atoms with Crippen LogP contribution in [-0.4, -0.2) is 70.8 Å². The van der Waals surface area contributed by atoms with Crippen molar-refractivity contribution >= 4 is 23.4 Å². The highest BCUT2D eigenvalue weighted by Gasteiger charge is 2.79. The van der Waals surface area contributed by atoms with Crippen LogP contribution >= 0.6 is 0 Å². The lowest BCUT2D eigenvalue weighted by molar-refractivity contribution is -0.146. The number of hydrogen-bond acceptors (Lipinski definition) is 6. The van der Waals surface area contributed by atoms with E-state index < -0.39 is 29.1 Å². The molecule has 0 radical (unpaired) electrons. The van der Waals surface area contributed by atoms with Gasteiger partial charge in [0.2, 0.25) is 17.7 Å². The Hall–Kier alpha value is -2.65. The Morgan fingerprint density at radius 2 is 1.84 bits per heavy atom. The van der Waals surface area contributed by atoms with Gasteiger partial charge < -0.3 is 30.1 Å². The number of fused-ring (bicyclic) bond motifs is 1. The molecule has 0 aliphatic carbocycles. The van der Waals surface area contributed by atoms with E-state index in [9.17, 15) is 14.4 Å². The molecule has 3 aliphatic heterocycles. The second kappa shape index (κ2) is 11.2. The number of hydrogen-bond donors (Lipinski definition) is 3. The number of likely N-dealkylation sites (tertiary alicyclic amines) is 1. The predicted octanol–water partition coefficient (Wildman–Crippen LogP) is 3.11. The van der Waals surface area contributed by atoms with Crippen molar-refractivity contribution in [2.75, 3.05) is 25.1 Å². The van der Waals surface area contributed by atoms with Crippen LogP contribution in [0.3, 0.4) is 0 Å². The van der Waals surface area contributed by atoms with Crippen molar-refractivity contribution in [1.29, 1.82) is 0 Å². The number of rotatable bonds is 12. The molecule has 2 bridgehead atoms. The van der Waals surface area contributed by atoms with Crippen molar-refractivity contribution in [2.24, 2.45) is 17.8 Å². The number of nitrogens with one attached hydrogen (secondary N) is 2. The fourth-order valence-electron chi connectivity index (χ4n) is 6.81. The molecule has 3 aliphatic rings. The topological polar surface area (TPSA) is 117 Å². The molecule has 1 aromatic carbocycles. The van der Waals surface area contributed by atoms with Gasteiger partial charge in [-0.1, -0.05) is 19.8 Å². The van der Waals surface area contributed by atoms with Crippen molar-refractivity contribution in [3.05, 3.63) is 24.3 Å². The van der Waals surface area contributed by atoms with E-state index in [0.29, 0.717) is 37.4 Å². The molecule has 9 nitrogen and oxygen atoms in total. The largest absolute Gasteiger partial charge is 0.494 e. The van der Waals surface area contributed by atoms with Crippen LogP contribution in [-0.2, 0) is 19.1 Å². The minimum absolute atomic E-state index is 0.0125. The standard InChI is InChI=1S/C29H43N3O6/c1-6-37-21-13-11-20(12-14-21)31-25(34)22-23-27(36)32(15-9-7-8-10-16-33)24(26(35)30-18(2)3)29(23)17-19(4)28(22,5)38-29/h11-14,18-19,22-24,33H,6-10,15-17H2,1-5H3,(H,30,35)(H,31,34)/t19?,22-,23+,24?,28+,29?/m1/s1. The monoisotopic (exact) mass is 529 g/mol. The van der Waals surface area contributed by atoms with Gasteiger partial charge in [0.15, 0.2) is 0 Å². The van der Waals surface area contributed by atoms with Crippen molar-refractivity contribution in [1.82, 2.24) is 10.2 Å². The van der Waals surface area contributed by atoms with Crippen molar-refractivity contribution < 1.29 is 29.0 Å². The summed E-state index contributed by atoms with van der Waals surface area (Å²) < 4.78 is 12.2. The molecule has 3 fully saturated rings. The van der Waals surface area contributed by atoms with Crippen LogP contribution < -0.4 is 15.4 Å². The first-order chi connectivity index (χ1) is 18.1. The Labute approximate surface area is 225 Å². The lowest BCUT2D eigenvalue weighted by Gasteiger charge is -2.36. The van der Waals surface area contributed by atoms with E-state index >= 15 is 0 Å². The molecular formula is C29H43N3O6. The first kappa shape index (κ1) is 28.4. The number of ether oxygens (including phenoxy) is 2. The van der Waals surface area contributed by atoms with E-state index in [1.165, 1.54) is 0 Å². The highest BCUT2D eigenvalue weighted by atomic mass is 16.5. The van der Waals surface area contributed by atoms with Crippen LogP contribution in [0.4, 0.5) is 5.69 Å². The number of carbonyl (C=O) groups excluding carboxylic acids is 3. The molecule has 3 unspecified atom stereocenters. The van der Waals surface area contributed by atoms with Gasteiger partial charge in [-0.15, -0.1) is 0 Å². The molecule has 1 spiro atoms. The number of aliphatic hydroxyl groups is 1. The molecule has 9 heteroatoms. The number of aliphatic hydroxyl groups excluding tert-OH is 1. The summed E-state index contributed by atoms with van der Waals surface area (Å²) in [6, 6.07) is 6.29. The molecule has 3 amide bonds. The summed E-state index contributed by atoms with van der Waals surface area (Å²) in [5, 5.41) is 15.1. The van der Waals surface area contributed by atoms with Gasteiger partial charge in [0.05, 0.1) is 24.0 Å². The molecule has 3 N–H and O–H groups in total. The van der Waals surface area contributed by atoms with Gasteiger partial charge in [-0.2, -0.15) is 0 Å². The maximum Gasteiger partial charge on any atom is 0.246 e. The number of amides is 3. The number of benzene rings is 1. The second-order valence-electron chi connectivity index (χ2n) is 11.5. The summed E-state index contributed by atoms with van der Waals surface area (Å²) in [5.41, 5.74) is -1.29. The van der Waals surface area contributed by atoms with Gasteiger partial charge in [0.25, 0.3) is 0 Å². The van der Waals surface area contributed by atoms with E-state index in [1.54, 1.807) is 29.2 Å². The van der Waals surface area contributed by atoms with Crippen molar-refractivity contribution in [3.63, 3.8) is 0 Å². The second-order valence-corrected chi connectivity index (χ2v) is 11.5. The first-order valence-electron chi connectivity index (χ1n) is 14.0. The van der Waals surface area contributed by atoms with Gasteiger partial charge in [-0.25, -0.2) is 0 Å². The van der Waals surface area contributed by atoms with Crippen LogP contribution in [0, 0.1) is 17.8 Å². The van der Waals surface area contributed by atoms with E-state index in [-0.39, 0.29) is 36.3 Å². The normalized spacial score (nSPS) is 31.6. The summed E-state index contributed by atoms with van der Waals surface area (Å²) >= 11 is 0. The maximum atomic E-state index is 14.1. The van der Waals surface area contributed by atoms with Crippen molar-refractivity contribution in [2.45, 2.75) is 90.0 Å². The average Bonchev–Trinajstić information content (AvgIpc) is 3.36. The zero-order valence-electron chi connectivity index (χ0n) is 23.3. The van der Waals surface area contributed by atoms with Crippen LogP contribution in [0.5, 0.6) is 5.75 Å². The van der Waals surface area contributed by atoms with Crippen molar-refractivity contribution in [3.8, 4) is 5.75 Å². The molecule has 3 heterocycles. The zero-order chi connectivity index (χ0) is 27.7. The SMILES string of the molecule is CCOc1ccc(NC(=O)[C@H]2[C@H]3C(=O)N(CCCCCCO)C(C(=O)NC(C)C)C34CC(C)[C@]2(C)O4)cc1. The van der Waals surface area contributed by atoms with Crippen LogP contribution in [0.25, 0.3) is 0 Å². The number of anilines is 1. The third kappa shape index (κ3) is 4.91. The maximum absolute atomic E-state index is 14.1. The Morgan fingerprint density at radius 3 is 2.47 bits per heavy atom. The molecule has 4 rings (SSSR count). The third-order valence-electron chi connectivity index (χ3n) is 8.52. The number of unbranched alkanes of at least 4 members (excludes halogenated alkanes) is 3. The summed E-state index contributed by atoms with van der Waals surface area (Å²) in [6.07, 6.45) is 3.68. The van der Waals surface area contributed by atoms with Gasteiger partial charge in [-0.3, -0.25) is 14.4 Å². The van der Waals surface area contributed by atoms with E-state index in [0.717, 1.165) is 19.3 Å². The minimum Gasteiger partial charge on any atom is -0.494 e. The molecule has 0 saturated carbocycles. The van der Waals surface area contributed by atoms with Crippen LogP contribution in [0.15, 0.2) is 24.3 Å². The molecule has 38 heavy (non-hydrogen) atoms. The predicted molar refractivity (Wildman–Crippen MR) is 144 cm³/mol. The van der Waals surface area contributed by atoms with Gasteiger partial charge >= 0.3 is 0 Å².